The summed E-state index contributed by atoms with van der Waals surface area (Å²) in [5.41, 5.74) is 7.60. The van der Waals surface area contributed by atoms with Crippen molar-refractivity contribution >= 4 is 0 Å². The molecule has 0 aromatic carbocycles. The lowest BCUT2D eigenvalue weighted by Gasteiger charge is -2.47. The van der Waals surface area contributed by atoms with Crippen molar-refractivity contribution in [1.29, 1.82) is 0 Å². The Bertz CT molecular complexity index is 344. The van der Waals surface area contributed by atoms with E-state index in [0.29, 0.717) is 0 Å². The Balaban J connectivity index is 2.27. The average molecular weight is 234 g/mol. The molecule has 1 unspecified atom stereocenters. The van der Waals surface area contributed by atoms with E-state index >= 15 is 0 Å². The molecule has 0 amide bonds. The fourth-order valence-corrected chi connectivity index (χ4v) is 2.98. The van der Waals surface area contributed by atoms with E-state index in [4.69, 9.17) is 5.73 Å². The Morgan fingerprint density at radius 2 is 1.76 bits per heavy atom. The maximum atomic E-state index is 6.48. The highest BCUT2D eigenvalue weighted by atomic mass is 15.2. The smallest absolute Gasteiger partial charge is 0.115 e. The van der Waals surface area contributed by atoms with E-state index in [1.165, 1.54) is 19.3 Å². The molecule has 1 atom stereocenters. The first kappa shape index (κ1) is 12.5. The van der Waals surface area contributed by atoms with Crippen LogP contribution in [-0.2, 0) is 0 Å². The monoisotopic (exact) mass is 234 g/mol. The van der Waals surface area contributed by atoms with Crippen LogP contribution in [0.4, 0.5) is 0 Å². The van der Waals surface area contributed by atoms with Gasteiger partial charge in [-0.05, 0) is 26.9 Å². The van der Waals surface area contributed by atoms with E-state index in [-0.39, 0.29) is 11.6 Å². The standard InChI is InChI=1S/C13H22N4/c1-17(2)13(6-4-3-5-7-13)12(14)11-8-15-10-16-9-11/h8-10,12H,3-7,14H2,1-2H3. The Morgan fingerprint density at radius 3 is 2.29 bits per heavy atom. The second-order valence-corrected chi connectivity index (χ2v) is 5.21. The van der Waals surface area contributed by atoms with Crippen LogP contribution in [0.3, 0.4) is 0 Å². The zero-order chi connectivity index (χ0) is 12.3. The second-order valence-electron chi connectivity index (χ2n) is 5.21. The van der Waals surface area contributed by atoms with Crippen LogP contribution in [-0.4, -0.2) is 34.5 Å². The molecule has 0 spiro atoms. The van der Waals surface area contributed by atoms with Crippen molar-refractivity contribution in [1.82, 2.24) is 14.9 Å². The fourth-order valence-electron chi connectivity index (χ4n) is 2.98. The van der Waals surface area contributed by atoms with Gasteiger partial charge in [0, 0.05) is 23.5 Å². The minimum absolute atomic E-state index is 0.000926. The fraction of sp³-hybridized carbons (Fsp3) is 0.692. The number of hydrogen-bond acceptors (Lipinski definition) is 4. The maximum absolute atomic E-state index is 6.48. The lowest BCUT2D eigenvalue weighted by atomic mass is 9.74. The Kier molecular flexibility index (Phi) is 3.74. The summed E-state index contributed by atoms with van der Waals surface area (Å²) in [6, 6.07) is -0.000926. The lowest BCUT2D eigenvalue weighted by molar-refractivity contribution is 0.0711. The molecule has 0 bridgehead atoms. The van der Waals surface area contributed by atoms with Crippen LogP contribution in [0, 0.1) is 0 Å². The summed E-state index contributed by atoms with van der Waals surface area (Å²) in [6.07, 6.45) is 11.4. The second kappa shape index (κ2) is 5.10. The van der Waals surface area contributed by atoms with Gasteiger partial charge in [0.1, 0.15) is 6.33 Å². The molecule has 1 aromatic heterocycles. The third kappa shape index (κ3) is 2.33. The molecule has 1 aliphatic carbocycles. The summed E-state index contributed by atoms with van der Waals surface area (Å²) in [6.45, 7) is 0. The Labute approximate surface area is 103 Å². The van der Waals surface area contributed by atoms with Crippen LogP contribution in [0.15, 0.2) is 18.7 Å². The molecular formula is C13H22N4. The number of nitrogens with two attached hydrogens (primary N) is 1. The molecule has 94 valence electrons. The Morgan fingerprint density at radius 1 is 1.18 bits per heavy atom. The molecule has 4 heteroatoms. The van der Waals surface area contributed by atoms with Crippen LogP contribution in [0.2, 0.25) is 0 Å². The molecule has 1 aromatic rings. The number of rotatable bonds is 3. The van der Waals surface area contributed by atoms with Crippen molar-refractivity contribution in [3.63, 3.8) is 0 Å². The van der Waals surface area contributed by atoms with Crippen LogP contribution in [0.1, 0.15) is 43.7 Å². The molecular weight excluding hydrogens is 212 g/mol. The topological polar surface area (TPSA) is 55.0 Å². The zero-order valence-corrected chi connectivity index (χ0v) is 10.8. The molecule has 2 rings (SSSR count). The molecule has 2 N–H and O–H groups in total. The zero-order valence-electron chi connectivity index (χ0n) is 10.8. The molecule has 17 heavy (non-hydrogen) atoms. The summed E-state index contributed by atoms with van der Waals surface area (Å²) in [4.78, 5) is 10.5. The van der Waals surface area contributed by atoms with Gasteiger partial charge in [-0.3, -0.25) is 0 Å². The SMILES string of the molecule is CN(C)C1(C(N)c2cncnc2)CCCCC1. The van der Waals surface area contributed by atoms with Crippen molar-refractivity contribution in [3.8, 4) is 0 Å². The van der Waals surface area contributed by atoms with E-state index in [1.807, 2.05) is 12.4 Å². The molecule has 1 aliphatic rings. The predicted molar refractivity (Wildman–Crippen MR) is 68.5 cm³/mol. The van der Waals surface area contributed by atoms with Gasteiger partial charge in [0.15, 0.2) is 0 Å². The van der Waals surface area contributed by atoms with E-state index in [1.54, 1.807) is 6.33 Å². The van der Waals surface area contributed by atoms with Crippen LogP contribution in [0.5, 0.6) is 0 Å². The quantitative estimate of drug-likeness (QED) is 0.865. The first-order chi connectivity index (χ1) is 8.17. The highest BCUT2D eigenvalue weighted by Gasteiger charge is 2.40. The van der Waals surface area contributed by atoms with Crippen molar-refractivity contribution in [2.24, 2.45) is 5.73 Å². The van der Waals surface area contributed by atoms with Crippen molar-refractivity contribution in [2.75, 3.05) is 14.1 Å². The van der Waals surface area contributed by atoms with Gasteiger partial charge in [-0.15, -0.1) is 0 Å². The van der Waals surface area contributed by atoms with Gasteiger partial charge in [-0.1, -0.05) is 19.3 Å². The first-order valence-electron chi connectivity index (χ1n) is 6.35. The van der Waals surface area contributed by atoms with E-state index in [9.17, 15) is 0 Å². The predicted octanol–water partition coefficient (Wildman–Crippen LogP) is 1.74. The highest BCUT2D eigenvalue weighted by Crippen LogP contribution is 2.40. The number of nitrogens with zero attached hydrogens (tertiary/aromatic N) is 3. The summed E-state index contributed by atoms with van der Waals surface area (Å²) < 4.78 is 0. The summed E-state index contributed by atoms with van der Waals surface area (Å²) in [5.74, 6) is 0. The van der Waals surface area contributed by atoms with Gasteiger partial charge >= 0.3 is 0 Å². The minimum atomic E-state index is -0.000926. The van der Waals surface area contributed by atoms with Gasteiger partial charge in [0.05, 0.1) is 6.04 Å². The summed E-state index contributed by atoms with van der Waals surface area (Å²) in [5, 5.41) is 0. The van der Waals surface area contributed by atoms with Crippen LogP contribution < -0.4 is 5.73 Å². The highest BCUT2D eigenvalue weighted by molar-refractivity contribution is 5.17. The Hall–Kier alpha value is -1.00. The van der Waals surface area contributed by atoms with Gasteiger partial charge in [-0.2, -0.15) is 0 Å². The number of aromatic nitrogens is 2. The van der Waals surface area contributed by atoms with Gasteiger partial charge in [-0.25, -0.2) is 9.97 Å². The molecule has 1 saturated carbocycles. The maximum Gasteiger partial charge on any atom is 0.115 e. The molecule has 1 heterocycles. The molecule has 0 aliphatic heterocycles. The van der Waals surface area contributed by atoms with Gasteiger partial charge in [0.2, 0.25) is 0 Å². The van der Waals surface area contributed by atoms with Crippen molar-refractivity contribution < 1.29 is 0 Å². The lowest BCUT2D eigenvalue weighted by Crippen LogP contribution is -2.53. The first-order valence-corrected chi connectivity index (χ1v) is 6.35. The van der Waals surface area contributed by atoms with Crippen LogP contribution in [0.25, 0.3) is 0 Å². The number of likely N-dealkylation sites (N-methyl/N-ethyl adjacent to an activating group) is 1. The third-order valence-corrected chi connectivity index (χ3v) is 4.13. The van der Waals surface area contributed by atoms with Crippen LogP contribution >= 0.6 is 0 Å². The number of hydrogen-bond donors (Lipinski definition) is 1. The molecule has 4 nitrogen and oxygen atoms in total. The summed E-state index contributed by atoms with van der Waals surface area (Å²) in [7, 11) is 4.27. The minimum Gasteiger partial charge on any atom is -0.322 e. The van der Waals surface area contributed by atoms with Crippen molar-refractivity contribution in [3.05, 3.63) is 24.3 Å². The van der Waals surface area contributed by atoms with E-state index < -0.39 is 0 Å². The van der Waals surface area contributed by atoms with Gasteiger partial charge < -0.3 is 10.6 Å². The third-order valence-electron chi connectivity index (χ3n) is 4.13. The van der Waals surface area contributed by atoms with E-state index in [0.717, 1.165) is 18.4 Å². The molecule has 0 saturated heterocycles. The van der Waals surface area contributed by atoms with Crippen molar-refractivity contribution in [2.45, 2.75) is 43.7 Å². The van der Waals surface area contributed by atoms with E-state index in [2.05, 4.69) is 29.0 Å². The molecule has 1 fully saturated rings. The average Bonchev–Trinajstić information content (AvgIpc) is 2.39. The van der Waals surface area contributed by atoms with Gasteiger partial charge in [0.25, 0.3) is 0 Å². The summed E-state index contributed by atoms with van der Waals surface area (Å²) >= 11 is 0. The largest absolute Gasteiger partial charge is 0.322 e. The molecule has 0 radical (unpaired) electrons. The normalized spacial score (nSPS) is 21.4.